The Morgan fingerprint density at radius 1 is 1.41 bits per heavy atom. The number of carbonyl (C=O) groups excluding carboxylic acids is 1. The third kappa shape index (κ3) is 2.28. The molecule has 0 saturated carbocycles. The number of aldehydes is 1. The number of aromatic nitrogens is 1. The number of ether oxygens (including phenoxy) is 1. The van der Waals surface area contributed by atoms with Crippen LogP contribution in [0.2, 0.25) is 0 Å². The Labute approximate surface area is 108 Å². The van der Waals surface area contributed by atoms with Crippen LogP contribution in [0.25, 0.3) is 10.9 Å². The lowest BCUT2D eigenvalue weighted by Gasteiger charge is -2.07. The Morgan fingerprint density at radius 2 is 2.18 bits per heavy atom. The van der Waals surface area contributed by atoms with Gasteiger partial charge in [0.2, 0.25) is 0 Å². The highest BCUT2D eigenvalue weighted by molar-refractivity contribution is 9.10. The van der Waals surface area contributed by atoms with Gasteiger partial charge in [0.1, 0.15) is 0 Å². The van der Waals surface area contributed by atoms with Gasteiger partial charge in [-0.25, -0.2) is 0 Å². The molecule has 0 unspecified atom stereocenters. The van der Waals surface area contributed by atoms with E-state index in [1.54, 1.807) is 0 Å². The van der Waals surface area contributed by atoms with Crippen LogP contribution in [0.4, 0.5) is 0 Å². The van der Waals surface area contributed by atoms with Gasteiger partial charge in [0.15, 0.2) is 6.29 Å². The molecule has 1 aromatic carbocycles. The smallest absolute Gasteiger partial charge is 0.153 e. The minimum atomic E-state index is 0.645. The molecule has 0 saturated heterocycles. The number of hydrogen-bond acceptors (Lipinski definition) is 2. The number of hydrogen-bond donors (Lipinski definition) is 0. The summed E-state index contributed by atoms with van der Waals surface area (Å²) in [6.45, 7) is 4.06. The van der Waals surface area contributed by atoms with Crippen molar-refractivity contribution < 1.29 is 9.53 Å². The summed E-state index contributed by atoms with van der Waals surface area (Å²) in [5, 5.41) is 0.978. The first-order chi connectivity index (χ1) is 8.29. The van der Waals surface area contributed by atoms with Gasteiger partial charge in [0.25, 0.3) is 0 Å². The molecule has 4 heteroatoms. The van der Waals surface area contributed by atoms with Crippen LogP contribution in [0.3, 0.4) is 0 Å². The maximum Gasteiger partial charge on any atom is 0.153 e. The normalized spacial score (nSPS) is 10.9. The second-order valence-electron chi connectivity index (χ2n) is 3.69. The van der Waals surface area contributed by atoms with Crippen LogP contribution >= 0.6 is 15.9 Å². The standard InChI is InChI=1S/C13H14BrNO2/c1-2-17-8-7-15-12-6-4-3-5-10(12)11(9-16)13(15)14/h3-6,9H,2,7-8H2,1H3. The van der Waals surface area contributed by atoms with Crippen molar-refractivity contribution in [1.82, 2.24) is 4.57 Å². The molecule has 0 amide bonds. The van der Waals surface area contributed by atoms with E-state index in [2.05, 4.69) is 20.5 Å². The van der Waals surface area contributed by atoms with E-state index in [1.165, 1.54) is 0 Å². The number of fused-ring (bicyclic) bond motifs is 1. The molecule has 0 aliphatic rings. The fraction of sp³-hybridized carbons (Fsp3) is 0.308. The highest BCUT2D eigenvalue weighted by atomic mass is 79.9. The first kappa shape index (κ1) is 12.3. The van der Waals surface area contributed by atoms with Crippen LogP contribution in [0.5, 0.6) is 0 Å². The molecule has 0 bridgehead atoms. The average molecular weight is 296 g/mol. The van der Waals surface area contributed by atoms with E-state index in [9.17, 15) is 4.79 Å². The first-order valence-electron chi connectivity index (χ1n) is 5.59. The Kier molecular flexibility index (Phi) is 3.97. The Balaban J connectivity index is 2.46. The Bertz CT molecular complexity index is 533. The van der Waals surface area contributed by atoms with Crippen molar-refractivity contribution in [3.8, 4) is 0 Å². The van der Waals surface area contributed by atoms with E-state index in [0.717, 1.165) is 28.3 Å². The van der Waals surface area contributed by atoms with Crippen LogP contribution in [-0.4, -0.2) is 24.1 Å². The van der Waals surface area contributed by atoms with Gasteiger partial charge in [-0.15, -0.1) is 0 Å². The summed E-state index contributed by atoms with van der Waals surface area (Å²) in [6.07, 6.45) is 0.892. The predicted molar refractivity (Wildman–Crippen MR) is 71.5 cm³/mol. The van der Waals surface area contributed by atoms with Gasteiger partial charge in [-0.3, -0.25) is 4.79 Å². The van der Waals surface area contributed by atoms with E-state index in [-0.39, 0.29) is 0 Å². The van der Waals surface area contributed by atoms with Gasteiger partial charge >= 0.3 is 0 Å². The summed E-state index contributed by atoms with van der Waals surface area (Å²) >= 11 is 3.48. The topological polar surface area (TPSA) is 31.2 Å². The highest BCUT2D eigenvalue weighted by Crippen LogP contribution is 2.28. The van der Waals surface area contributed by atoms with Crippen molar-refractivity contribution in [3.05, 3.63) is 34.4 Å². The predicted octanol–water partition coefficient (Wildman–Crippen LogP) is 3.25. The maximum atomic E-state index is 11.1. The molecule has 17 heavy (non-hydrogen) atoms. The van der Waals surface area contributed by atoms with Crippen molar-refractivity contribution in [2.24, 2.45) is 0 Å². The van der Waals surface area contributed by atoms with Crippen LogP contribution in [0.15, 0.2) is 28.9 Å². The fourth-order valence-electron chi connectivity index (χ4n) is 1.93. The van der Waals surface area contributed by atoms with Crippen molar-refractivity contribution >= 4 is 33.1 Å². The number of benzene rings is 1. The molecule has 2 rings (SSSR count). The number of para-hydroxylation sites is 1. The van der Waals surface area contributed by atoms with Gasteiger partial charge in [-0.2, -0.15) is 0 Å². The lowest BCUT2D eigenvalue weighted by molar-refractivity contribution is 0.112. The molecule has 0 spiro atoms. The highest BCUT2D eigenvalue weighted by Gasteiger charge is 2.13. The molecule has 0 aliphatic carbocycles. The molecule has 1 aromatic heterocycles. The van der Waals surface area contributed by atoms with Crippen molar-refractivity contribution in [1.29, 1.82) is 0 Å². The first-order valence-corrected chi connectivity index (χ1v) is 6.38. The lowest BCUT2D eigenvalue weighted by atomic mass is 10.2. The zero-order valence-corrected chi connectivity index (χ0v) is 11.2. The summed E-state index contributed by atoms with van der Waals surface area (Å²) in [5.74, 6) is 0. The molecule has 3 nitrogen and oxygen atoms in total. The molecular weight excluding hydrogens is 282 g/mol. The minimum Gasteiger partial charge on any atom is -0.380 e. The molecular formula is C13H14BrNO2. The summed E-state index contributed by atoms with van der Waals surface area (Å²) < 4.78 is 8.25. The number of halogens is 1. The van der Waals surface area contributed by atoms with Gasteiger partial charge in [-0.1, -0.05) is 18.2 Å². The maximum absolute atomic E-state index is 11.1. The van der Waals surface area contributed by atoms with Gasteiger partial charge in [0.05, 0.1) is 16.8 Å². The average Bonchev–Trinajstić information content (AvgIpc) is 2.62. The summed E-state index contributed by atoms with van der Waals surface area (Å²) in [6, 6.07) is 7.88. The zero-order chi connectivity index (χ0) is 12.3. The molecule has 0 aliphatic heterocycles. The number of nitrogens with zero attached hydrogens (tertiary/aromatic N) is 1. The SMILES string of the molecule is CCOCCn1c(Br)c(C=O)c2ccccc21. The van der Waals surface area contributed by atoms with Crippen molar-refractivity contribution in [3.63, 3.8) is 0 Å². The van der Waals surface area contributed by atoms with Crippen LogP contribution in [-0.2, 0) is 11.3 Å². The Hall–Kier alpha value is -1.13. The third-order valence-electron chi connectivity index (χ3n) is 2.73. The van der Waals surface area contributed by atoms with Crippen molar-refractivity contribution in [2.75, 3.05) is 13.2 Å². The fourth-order valence-corrected chi connectivity index (χ4v) is 2.61. The van der Waals surface area contributed by atoms with E-state index in [4.69, 9.17) is 4.74 Å². The van der Waals surface area contributed by atoms with Crippen LogP contribution < -0.4 is 0 Å². The molecule has 2 aromatic rings. The quantitative estimate of drug-likeness (QED) is 0.626. The molecule has 0 N–H and O–H groups in total. The number of rotatable bonds is 5. The van der Waals surface area contributed by atoms with Crippen LogP contribution in [0.1, 0.15) is 17.3 Å². The summed E-state index contributed by atoms with van der Waals surface area (Å²) in [4.78, 5) is 11.1. The van der Waals surface area contributed by atoms with Gasteiger partial charge < -0.3 is 9.30 Å². The van der Waals surface area contributed by atoms with Gasteiger partial charge in [0, 0.05) is 24.1 Å². The van der Waals surface area contributed by atoms with Crippen molar-refractivity contribution in [2.45, 2.75) is 13.5 Å². The number of carbonyl (C=O) groups is 1. The van der Waals surface area contributed by atoms with E-state index >= 15 is 0 Å². The minimum absolute atomic E-state index is 0.645. The second kappa shape index (κ2) is 5.47. The third-order valence-corrected chi connectivity index (χ3v) is 3.58. The van der Waals surface area contributed by atoms with E-state index < -0.39 is 0 Å². The monoisotopic (exact) mass is 295 g/mol. The molecule has 0 fully saturated rings. The summed E-state index contributed by atoms with van der Waals surface area (Å²) in [5.41, 5.74) is 1.76. The molecule has 1 heterocycles. The molecule has 90 valence electrons. The van der Waals surface area contributed by atoms with Gasteiger partial charge in [-0.05, 0) is 28.9 Å². The second-order valence-corrected chi connectivity index (χ2v) is 4.44. The Morgan fingerprint density at radius 3 is 2.88 bits per heavy atom. The zero-order valence-electron chi connectivity index (χ0n) is 9.65. The largest absolute Gasteiger partial charge is 0.380 e. The lowest BCUT2D eigenvalue weighted by Crippen LogP contribution is -2.06. The molecule has 0 atom stereocenters. The summed E-state index contributed by atoms with van der Waals surface area (Å²) in [7, 11) is 0. The van der Waals surface area contributed by atoms with E-state index in [0.29, 0.717) is 18.8 Å². The van der Waals surface area contributed by atoms with E-state index in [1.807, 2.05) is 31.2 Å². The molecule has 0 radical (unpaired) electrons. The van der Waals surface area contributed by atoms with Crippen LogP contribution in [0, 0.1) is 0 Å².